The molecule has 5 aromatic rings. The third-order valence-corrected chi connectivity index (χ3v) is 8.44. The van der Waals surface area contributed by atoms with E-state index in [2.05, 4.69) is 10.6 Å². The summed E-state index contributed by atoms with van der Waals surface area (Å²) in [6.07, 6.45) is 1.93. The average molecular weight is 699 g/mol. The van der Waals surface area contributed by atoms with Crippen LogP contribution in [0.1, 0.15) is 43.0 Å². The van der Waals surface area contributed by atoms with Gasteiger partial charge in [0, 0.05) is 36.8 Å². The summed E-state index contributed by atoms with van der Waals surface area (Å²) in [5.41, 5.74) is 15.6. The number of nitrogens with one attached hydrogen (secondary N) is 2. The zero-order valence-electron chi connectivity index (χ0n) is 28.7. The number of ether oxygens (including phenoxy) is 2. The Labute approximate surface area is 303 Å². The van der Waals surface area contributed by atoms with Crippen molar-refractivity contribution in [3.05, 3.63) is 167 Å². The molecule has 0 saturated carbocycles. The molecule has 6 N–H and O–H groups in total. The summed E-state index contributed by atoms with van der Waals surface area (Å²) in [4.78, 5) is 50.5. The molecule has 10 heteroatoms. The zero-order valence-corrected chi connectivity index (χ0v) is 28.7. The number of carbonyl (C=O) groups excluding carboxylic acids is 4. The van der Waals surface area contributed by atoms with Gasteiger partial charge in [-0.3, -0.25) is 19.2 Å². The minimum absolute atomic E-state index is 0.185. The third kappa shape index (κ3) is 11.3. The van der Waals surface area contributed by atoms with Crippen LogP contribution < -0.4 is 31.6 Å². The molecule has 0 bridgehead atoms. The molecule has 5 rings (SSSR count). The van der Waals surface area contributed by atoms with E-state index in [4.69, 9.17) is 20.9 Å². The summed E-state index contributed by atoms with van der Waals surface area (Å²) in [5.74, 6) is -1.04. The average Bonchev–Trinajstić information content (AvgIpc) is 3.16. The normalized spacial score (nSPS) is 11.8. The molecule has 0 saturated heterocycles. The van der Waals surface area contributed by atoms with Crippen LogP contribution >= 0.6 is 0 Å². The fraction of sp³-hybridized carbons (Fsp3) is 0.190. The Kier molecular flexibility index (Phi) is 13.1. The molecule has 2 unspecified atom stereocenters. The highest BCUT2D eigenvalue weighted by Gasteiger charge is 2.22. The second-order valence-electron chi connectivity index (χ2n) is 12.3. The van der Waals surface area contributed by atoms with Crippen molar-refractivity contribution in [3.8, 4) is 11.5 Å². The second-order valence-corrected chi connectivity index (χ2v) is 12.3. The van der Waals surface area contributed by atoms with Crippen molar-refractivity contribution < 1.29 is 28.7 Å². The van der Waals surface area contributed by atoms with Crippen molar-refractivity contribution in [3.63, 3.8) is 0 Å². The summed E-state index contributed by atoms with van der Waals surface area (Å²) in [6, 6.07) is 38.5. The lowest BCUT2D eigenvalue weighted by Gasteiger charge is -2.17. The third-order valence-electron chi connectivity index (χ3n) is 8.44. The van der Waals surface area contributed by atoms with E-state index in [0.29, 0.717) is 24.7 Å². The maximum absolute atomic E-state index is 13.0. The van der Waals surface area contributed by atoms with Crippen molar-refractivity contribution in [1.29, 1.82) is 0 Å². The first-order chi connectivity index (χ1) is 25.2. The molecule has 0 aliphatic carbocycles. The van der Waals surface area contributed by atoms with E-state index in [1.807, 2.05) is 109 Å². The van der Waals surface area contributed by atoms with Crippen LogP contribution in [-0.4, -0.2) is 48.9 Å². The van der Waals surface area contributed by atoms with Gasteiger partial charge in [-0.05, 0) is 70.8 Å². The summed E-state index contributed by atoms with van der Waals surface area (Å²) in [6.45, 7) is 1.05. The Bertz CT molecular complexity index is 1770. The highest BCUT2D eigenvalue weighted by Crippen LogP contribution is 2.16. The van der Waals surface area contributed by atoms with Crippen LogP contribution in [-0.2, 0) is 35.3 Å². The fourth-order valence-corrected chi connectivity index (χ4v) is 5.48. The van der Waals surface area contributed by atoms with Gasteiger partial charge in [-0.15, -0.1) is 0 Å². The molecule has 10 nitrogen and oxygen atoms in total. The van der Waals surface area contributed by atoms with Gasteiger partial charge in [0.1, 0.15) is 23.6 Å². The lowest BCUT2D eigenvalue weighted by atomic mass is 10.0. The summed E-state index contributed by atoms with van der Waals surface area (Å²) >= 11 is 0. The van der Waals surface area contributed by atoms with Crippen molar-refractivity contribution in [2.24, 2.45) is 11.5 Å². The van der Waals surface area contributed by atoms with Crippen LogP contribution in [0.15, 0.2) is 133 Å². The van der Waals surface area contributed by atoms with Gasteiger partial charge in [0.2, 0.25) is 11.8 Å². The number of hydrogen-bond acceptors (Lipinski definition) is 6. The largest absolute Gasteiger partial charge is 0.493 e. The van der Waals surface area contributed by atoms with Crippen molar-refractivity contribution in [1.82, 2.24) is 10.6 Å². The molecule has 52 heavy (non-hydrogen) atoms. The number of rotatable bonds is 18. The Hall–Kier alpha value is -6.42. The number of carbonyl (C=O) groups is 4. The first kappa shape index (κ1) is 36.9. The standard InChI is InChI=1S/C42H42N4O6/c43-39(47)37(27-31-11-19-35(20-12-31)51-25-23-29-7-3-1-4-8-29)45-41(49)33-15-17-34(18-16-33)42(50)46-38(40(44)48)28-32-13-21-36(22-14-32)52-26-24-30-9-5-2-6-10-30/h1-22,37-38H,23-28H2,(H2,43,47)(H2,44,48)(H,45,49)(H,46,50). The molecular weight excluding hydrogens is 656 g/mol. The molecule has 0 fully saturated rings. The van der Waals surface area contributed by atoms with Crippen molar-refractivity contribution in [2.75, 3.05) is 13.2 Å². The number of primary amides is 2. The minimum atomic E-state index is -0.966. The zero-order chi connectivity index (χ0) is 36.7. The van der Waals surface area contributed by atoms with Gasteiger partial charge in [-0.25, -0.2) is 0 Å². The SMILES string of the molecule is NC(=O)C(Cc1ccc(OCCc2ccccc2)cc1)NC(=O)c1ccc(C(=O)NC(Cc2ccc(OCCc3ccccc3)cc2)C(N)=O)cc1. The highest BCUT2D eigenvalue weighted by atomic mass is 16.5. The Morgan fingerprint density at radius 1 is 0.462 bits per heavy atom. The van der Waals surface area contributed by atoms with Crippen LogP contribution in [0, 0.1) is 0 Å². The summed E-state index contributed by atoms with van der Waals surface area (Å²) in [5, 5.41) is 5.36. The molecular formula is C42H42N4O6. The van der Waals surface area contributed by atoms with Crippen LogP contribution in [0.4, 0.5) is 0 Å². The lowest BCUT2D eigenvalue weighted by molar-refractivity contribution is -0.120. The molecule has 0 heterocycles. The van der Waals surface area contributed by atoms with Crippen LogP contribution in [0.3, 0.4) is 0 Å². The van der Waals surface area contributed by atoms with Gasteiger partial charge in [-0.2, -0.15) is 0 Å². The van der Waals surface area contributed by atoms with E-state index >= 15 is 0 Å². The molecule has 2 atom stereocenters. The van der Waals surface area contributed by atoms with Gasteiger partial charge in [0.25, 0.3) is 11.8 Å². The van der Waals surface area contributed by atoms with Gasteiger partial charge < -0.3 is 31.6 Å². The predicted octanol–water partition coefficient (Wildman–Crippen LogP) is 4.58. The Morgan fingerprint density at radius 2 is 0.808 bits per heavy atom. The van der Waals surface area contributed by atoms with Gasteiger partial charge >= 0.3 is 0 Å². The van der Waals surface area contributed by atoms with Crippen LogP contribution in [0.5, 0.6) is 11.5 Å². The summed E-state index contributed by atoms with van der Waals surface area (Å²) < 4.78 is 11.7. The number of hydrogen-bond donors (Lipinski definition) is 4. The van der Waals surface area contributed by atoms with Crippen LogP contribution in [0.25, 0.3) is 0 Å². The second kappa shape index (κ2) is 18.5. The van der Waals surface area contributed by atoms with Crippen molar-refractivity contribution in [2.45, 2.75) is 37.8 Å². The highest BCUT2D eigenvalue weighted by molar-refractivity contribution is 6.00. The number of benzene rings is 5. The van der Waals surface area contributed by atoms with Gasteiger partial charge in [0.05, 0.1) is 13.2 Å². The van der Waals surface area contributed by atoms with E-state index in [1.165, 1.54) is 35.4 Å². The molecule has 0 aliphatic rings. The number of nitrogens with two attached hydrogens (primary N) is 2. The Morgan fingerprint density at radius 3 is 1.13 bits per heavy atom. The molecule has 0 aromatic heterocycles. The minimum Gasteiger partial charge on any atom is -0.493 e. The van der Waals surface area contributed by atoms with Gasteiger partial charge in [0.15, 0.2) is 0 Å². The monoisotopic (exact) mass is 698 g/mol. The Balaban J connectivity index is 1.09. The number of amides is 4. The van der Waals surface area contributed by atoms with Gasteiger partial charge in [-0.1, -0.05) is 84.9 Å². The fourth-order valence-electron chi connectivity index (χ4n) is 5.48. The molecule has 0 spiro atoms. The molecule has 5 aromatic carbocycles. The maximum atomic E-state index is 13.0. The van der Waals surface area contributed by atoms with Crippen LogP contribution in [0.2, 0.25) is 0 Å². The predicted molar refractivity (Wildman–Crippen MR) is 199 cm³/mol. The first-order valence-corrected chi connectivity index (χ1v) is 17.1. The van der Waals surface area contributed by atoms with Crippen molar-refractivity contribution >= 4 is 23.6 Å². The van der Waals surface area contributed by atoms with E-state index in [-0.39, 0.29) is 24.0 Å². The quantitative estimate of drug-likeness (QED) is 0.105. The smallest absolute Gasteiger partial charge is 0.251 e. The topological polar surface area (TPSA) is 163 Å². The molecule has 0 radical (unpaired) electrons. The van der Waals surface area contributed by atoms with E-state index < -0.39 is 35.7 Å². The molecule has 266 valence electrons. The molecule has 4 amide bonds. The maximum Gasteiger partial charge on any atom is 0.251 e. The van der Waals surface area contributed by atoms with E-state index in [9.17, 15) is 19.2 Å². The lowest BCUT2D eigenvalue weighted by Crippen LogP contribution is -2.46. The van der Waals surface area contributed by atoms with E-state index in [1.54, 1.807) is 0 Å². The summed E-state index contributed by atoms with van der Waals surface area (Å²) in [7, 11) is 0. The first-order valence-electron chi connectivity index (χ1n) is 17.1. The molecule has 0 aliphatic heterocycles. The van der Waals surface area contributed by atoms with E-state index in [0.717, 1.165) is 24.0 Å².